The lowest BCUT2D eigenvalue weighted by Gasteiger charge is -2.29. The number of carbonyl (C=O) groups is 2. The van der Waals surface area contributed by atoms with Crippen LogP contribution in [-0.2, 0) is 9.59 Å². The zero-order valence-corrected chi connectivity index (χ0v) is 12.8. The summed E-state index contributed by atoms with van der Waals surface area (Å²) in [5, 5.41) is 2.94. The third-order valence-corrected chi connectivity index (χ3v) is 2.83. The first kappa shape index (κ1) is 17.7. The molecule has 0 rings (SSSR count). The minimum absolute atomic E-state index is 0.105. The summed E-state index contributed by atoms with van der Waals surface area (Å²) in [5.74, 6) is -1.10. The van der Waals surface area contributed by atoms with Crippen molar-refractivity contribution in [3.63, 3.8) is 0 Å². The lowest BCUT2D eigenvalue weighted by molar-refractivity contribution is -0.134. The van der Waals surface area contributed by atoms with Crippen molar-refractivity contribution in [3.8, 4) is 0 Å². The molecule has 0 spiro atoms. The van der Waals surface area contributed by atoms with E-state index in [9.17, 15) is 9.59 Å². The van der Waals surface area contributed by atoms with Crippen molar-refractivity contribution in [2.45, 2.75) is 53.0 Å². The average Bonchev–Trinajstić information content (AvgIpc) is 2.19. The van der Waals surface area contributed by atoms with Crippen molar-refractivity contribution in [3.05, 3.63) is 12.7 Å². The second-order valence-electron chi connectivity index (χ2n) is 6.51. The number of rotatable bonds is 7. The summed E-state index contributed by atoms with van der Waals surface area (Å²) in [6, 6.07) is 0. The van der Waals surface area contributed by atoms with Crippen LogP contribution in [0.1, 0.15) is 47.5 Å². The monoisotopic (exact) mass is 268 g/mol. The minimum atomic E-state index is -0.484. The van der Waals surface area contributed by atoms with E-state index in [1.165, 1.54) is 0 Å². The van der Waals surface area contributed by atoms with Crippen LogP contribution in [0.25, 0.3) is 0 Å². The van der Waals surface area contributed by atoms with Gasteiger partial charge in [-0.1, -0.05) is 19.9 Å². The quantitative estimate of drug-likeness (QED) is 0.695. The second-order valence-corrected chi connectivity index (χ2v) is 6.51. The van der Waals surface area contributed by atoms with Gasteiger partial charge in [0.05, 0.1) is 11.8 Å². The van der Waals surface area contributed by atoms with Gasteiger partial charge in [-0.3, -0.25) is 9.59 Å². The minimum Gasteiger partial charge on any atom is -0.369 e. The summed E-state index contributed by atoms with van der Waals surface area (Å²) >= 11 is 0. The molecule has 0 radical (unpaired) electrons. The van der Waals surface area contributed by atoms with Crippen molar-refractivity contribution < 1.29 is 9.59 Å². The van der Waals surface area contributed by atoms with Gasteiger partial charge in [-0.15, -0.1) is 6.58 Å². The van der Waals surface area contributed by atoms with Crippen LogP contribution in [0.15, 0.2) is 12.7 Å². The lowest BCUT2D eigenvalue weighted by Crippen LogP contribution is -2.47. The van der Waals surface area contributed by atoms with E-state index in [4.69, 9.17) is 5.73 Å². The molecule has 0 aliphatic heterocycles. The highest BCUT2D eigenvalue weighted by Crippen LogP contribution is 2.25. The standard InChI is InChI=1S/C15H28N2O2/c1-7-8-11(13(16)18)12(9-10(2)3)14(19)17-15(4,5)6/h7,10-12H,1,8-9H2,2-6H3,(H2,16,18)(H,17,19)/t11-,12+/m0/s1. The maximum absolute atomic E-state index is 12.4. The van der Waals surface area contributed by atoms with Crippen LogP contribution >= 0.6 is 0 Å². The fourth-order valence-electron chi connectivity index (χ4n) is 2.08. The molecule has 4 nitrogen and oxygen atoms in total. The lowest BCUT2D eigenvalue weighted by atomic mass is 9.81. The van der Waals surface area contributed by atoms with Crippen LogP contribution in [0, 0.1) is 17.8 Å². The first-order chi connectivity index (χ1) is 8.58. The van der Waals surface area contributed by atoms with Gasteiger partial charge in [-0.05, 0) is 39.5 Å². The fourth-order valence-corrected chi connectivity index (χ4v) is 2.08. The Labute approximate surface area is 116 Å². The summed E-state index contributed by atoms with van der Waals surface area (Å²) in [6.45, 7) is 13.5. The third kappa shape index (κ3) is 6.99. The highest BCUT2D eigenvalue weighted by molar-refractivity contribution is 5.87. The Morgan fingerprint density at radius 1 is 1.26 bits per heavy atom. The van der Waals surface area contributed by atoms with Gasteiger partial charge in [-0.2, -0.15) is 0 Å². The first-order valence-electron chi connectivity index (χ1n) is 6.80. The molecule has 2 atom stereocenters. The van der Waals surface area contributed by atoms with E-state index in [-0.39, 0.29) is 11.4 Å². The SMILES string of the molecule is C=CC[C@H](C(N)=O)[C@@H](CC(C)C)C(=O)NC(C)(C)C. The summed E-state index contributed by atoms with van der Waals surface area (Å²) in [7, 11) is 0. The Morgan fingerprint density at radius 3 is 2.11 bits per heavy atom. The number of carbonyl (C=O) groups excluding carboxylic acids is 2. The van der Waals surface area contributed by atoms with Crippen LogP contribution in [0.2, 0.25) is 0 Å². The van der Waals surface area contributed by atoms with Gasteiger partial charge in [0, 0.05) is 5.54 Å². The average molecular weight is 268 g/mol. The topological polar surface area (TPSA) is 72.2 Å². The van der Waals surface area contributed by atoms with Gasteiger partial charge in [0.1, 0.15) is 0 Å². The summed E-state index contributed by atoms with van der Waals surface area (Å²) in [6.07, 6.45) is 2.72. The number of nitrogens with one attached hydrogen (secondary N) is 1. The van der Waals surface area contributed by atoms with Gasteiger partial charge >= 0.3 is 0 Å². The largest absolute Gasteiger partial charge is 0.369 e. The highest BCUT2D eigenvalue weighted by atomic mass is 16.2. The Balaban J connectivity index is 5.11. The van der Waals surface area contributed by atoms with Crippen LogP contribution in [0.3, 0.4) is 0 Å². The number of amides is 2. The molecule has 0 aromatic rings. The summed E-state index contributed by atoms with van der Waals surface area (Å²) in [4.78, 5) is 23.9. The molecule has 0 fully saturated rings. The van der Waals surface area contributed by atoms with E-state index in [2.05, 4.69) is 11.9 Å². The van der Waals surface area contributed by atoms with Gasteiger partial charge in [0.25, 0.3) is 0 Å². The molecule has 0 bridgehead atoms. The Kier molecular flexibility index (Phi) is 6.81. The Morgan fingerprint density at radius 2 is 1.79 bits per heavy atom. The molecule has 19 heavy (non-hydrogen) atoms. The van der Waals surface area contributed by atoms with E-state index < -0.39 is 17.7 Å². The number of nitrogens with two attached hydrogens (primary N) is 1. The number of hydrogen-bond acceptors (Lipinski definition) is 2. The van der Waals surface area contributed by atoms with Crippen LogP contribution in [0.4, 0.5) is 0 Å². The van der Waals surface area contributed by atoms with Crippen molar-refractivity contribution >= 4 is 11.8 Å². The normalized spacial score (nSPS) is 14.8. The molecule has 2 amide bonds. The molecule has 0 aliphatic carbocycles. The molecule has 4 heteroatoms. The van der Waals surface area contributed by atoms with Gasteiger partial charge < -0.3 is 11.1 Å². The first-order valence-corrected chi connectivity index (χ1v) is 6.80. The van der Waals surface area contributed by atoms with Crippen LogP contribution in [0.5, 0.6) is 0 Å². The molecule has 0 saturated carbocycles. The number of allylic oxidation sites excluding steroid dienone is 1. The molecule has 3 N–H and O–H groups in total. The van der Waals surface area contributed by atoms with Gasteiger partial charge in [-0.25, -0.2) is 0 Å². The third-order valence-electron chi connectivity index (χ3n) is 2.83. The van der Waals surface area contributed by atoms with Crippen molar-refractivity contribution in [2.24, 2.45) is 23.5 Å². The van der Waals surface area contributed by atoms with E-state index >= 15 is 0 Å². The van der Waals surface area contributed by atoms with Crippen molar-refractivity contribution in [1.82, 2.24) is 5.32 Å². The van der Waals surface area contributed by atoms with Crippen LogP contribution in [-0.4, -0.2) is 17.4 Å². The van der Waals surface area contributed by atoms with Crippen molar-refractivity contribution in [2.75, 3.05) is 0 Å². The molecule has 110 valence electrons. The number of hydrogen-bond donors (Lipinski definition) is 2. The van der Waals surface area contributed by atoms with Crippen molar-refractivity contribution in [1.29, 1.82) is 0 Å². The van der Waals surface area contributed by atoms with Gasteiger partial charge in [0.15, 0.2) is 0 Å². The smallest absolute Gasteiger partial charge is 0.224 e. The summed E-state index contributed by atoms with van der Waals surface area (Å²) < 4.78 is 0. The Hall–Kier alpha value is -1.32. The van der Waals surface area contributed by atoms with E-state index in [1.54, 1.807) is 6.08 Å². The number of primary amides is 1. The summed E-state index contributed by atoms with van der Waals surface area (Å²) in [5.41, 5.74) is 5.12. The zero-order valence-electron chi connectivity index (χ0n) is 12.8. The molecule has 0 aliphatic rings. The molecular formula is C15H28N2O2. The highest BCUT2D eigenvalue weighted by Gasteiger charge is 2.33. The molecule has 0 aromatic heterocycles. The molecule has 0 unspecified atom stereocenters. The maximum atomic E-state index is 12.4. The van der Waals surface area contributed by atoms with Crippen LogP contribution < -0.4 is 11.1 Å². The molecule has 0 saturated heterocycles. The molecule has 0 aromatic carbocycles. The second kappa shape index (κ2) is 7.31. The molecule has 0 heterocycles. The van der Waals surface area contributed by atoms with E-state index in [0.29, 0.717) is 18.8 Å². The van der Waals surface area contributed by atoms with Gasteiger partial charge in [0.2, 0.25) is 11.8 Å². The maximum Gasteiger partial charge on any atom is 0.224 e. The predicted molar refractivity (Wildman–Crippen MR) is 78.3 cm³/mol. The zero-order chi connectivity index (χ0) is 15.2. The fraction of sp³-hybridized carbons (Fsp3) is 0.733. The van der Waals surface area contributed by atoms with E-state index in [1.807, 2.05) is 34.6 Å². The van der Waals surface area contributed by atoms with E-state index in [0.717, 1.165) is 0 Å². The molecular weight excluding hydrogens is 240 g/mol. The Bertz CT molecular complexity index is 330. The predicted octanol–water partition coefficient (Wildman–Crippen LogP) is 2.24.